The molecule has 0 fully saturated rings. The van der Waals surface area contributed by atoms with Crippen LogP contribution in [0.3, 0.4) is 0 Å². The van der Waals surface area contributed by atoms with Gasteiger partial charge in [-0.25, -0.2) is 0 Å². The summed E-state index contributed by atoms with van der Waals surface area (Å²) in [4.78, 5) is 0.782. The Kier molecular flexibility index (Phi) is 2.82. The largest absolute Gasteiger partial charge is 0.487 e. The van der Waals surface area contributed by atoms with Crippen molar-refractivity contribution < 1.29 is 9.84 Å². The quantitative estimate of drug-likeness (QED) is 0.902. The fourth-order valence-electron chi connectivity index (χ4n) is 2.07. The molecule has 1 aliphatic heterocycles. The van der Waals surface area contributed by atoms with Crippen molar-refractivity contribution in [3.8, 4) is 5.75 Å². The lowest BCUT2D eigenvalue weighted by molar-refractivity contribution is 0.0517. The van der Waals surface area contributed by atoms with Crippen molar-refractivity contribution >= 4 is 22.9 Å². The molecule has 17 heavy (non-hydrogen) atoms. The Balaban J connectivity index is 1.83. The van der Waals surface area contributed by atoms with Crippen LogP contribution in [0.1, 0.15) is 16.5 Å². The molecule has 3 rings (SSSR count). The van der Waals surface area contributed by atoms with E-state index in [0.717, 1.165) is 22.6 Å². The third kappa shape index (κ3) is 1.95. The van der Waals surface area contributed by atoms with Gasteiger partial charge < -0.3 is 9.84 Å². The first-order chi connectivity index (χ1) is 8.25. The van der Waals surface area contributed by atoms with E-state index in [1.807, 2.05) is 29.6 Å². The summed E-state index contributed by atoms with van der Waals surface area (Å²) in [5.74, 6) is 0.865. The first-order valence-corrected chi connectivity index (χ1v) is 6.67. The second-order valence-corrected chi connectivity index (χ2v) is 5.40. The molecule has 2 nitrogen and oxygen atoms in total. The second kappa shape index (κ2) is 4.33. The van der Waals surface area contributed by atoms with Gasteiger partial charge in [0.25, 0.3) is 0 Å². The normalized spacial score (nSPS) is 19.8. The lowest BCUT2D eigenvalue weighted by atomic mass is 10.1. The molecule has 1 aromatic heterocycles. The van der Waals surface area contributed by atoms with Crippen molar-refractivity contribution in [1.82, 2.24) is 0 Å². The topological polar surface area (TPSA) is 29.5 Å². The average molecular weight is 267 g/mol. The van der Waals surface area contributed by atoms with Gasteiger partial charge in [0, 0.05) is 6.42 Å². The molecule has 88 valence electrons. The van der Waals surface area contributed by atoms with Gasteiger partial charge in [-0.3, -0.25) is 0 Å². The maximum Gasteiger partial charge on any atom is 0.134 e. The minimum Gasteiger partial charge on any atom is -0.487 e. The van der Waals surface area contributed by atoms with Crippen LogP contribution in [0.2, 0.25) is 5.02 Å². The second-order valence-electron chi connectivity index (χ2n) is 4.05. The van der Waals surface area contributed by atoms with E-state index in [2.05, 4.69) is 0 Å². The molecule has 0 radical (unpaired) electrons. The Morgan fingerprint density at radius 1 is 1.35 bits per heavy atom. The van der Waals surface area contributed by atoms with Crippen molar-refractivity contribution in [1.29, 1.82) is 0 Å². The summed E-state index contributed by atoms with van der Waals surface area (Å²) in [6.07, 6.45) is -0.163. The highest BCUT2D eigenvalue weighted by Crippen LogP contribution is 2.37. The fraction of sp³-hybridized carbons (Fsp3) is 0.231. The zero-order chi connectivity index (χ0) is 11.8. The van der Waals surface area contributed by atoms with Crippen molar-refractivity contribution in [3.05, 3.63) is 51.2 Å². The first kappa shape index (κ1) is 11.1. The van der Waals surface area contributed by atoms with Gasteiger partial charge in [0.05, 0.1) is 9.90 Å². The Morgan fingerprint density at radius 2 is 2.18 bits per heavy atom. The summed E-state index contributed by atoms with van der Waals surface area (Å²) in [6.45, 7) is 0. The molecule has 2 atom stereocenters. The monoisotopic (exact) mass is 266 g/mol. The number of aliphatic hydroxyl groups excluding tert-OH is 1. The van der Waals surface area contributed by atoms with Crippen LogP contribution in [0.5, 0.6) is 5.75 Å². The van der Waals surface area contributed by atoms with Crippen LogP contribution in [0, 0.1) is 0 Å². The molecule has 1 N–H and O–H groups in total. The third-order valence-electron chi connectivity index (χ3n) is 2.94. The molecule has 0 bridgehead atoms. The molecule has 0 saturated carbocycles. The molecule has 0 spiro atoms. The van der Waals surface area contributed by atoms with Crippen LogP contribution in [0.15, 0.2) is 35.7 Å². The van der Waals surface area contributed by atoms with Crippen molar-refractivity contribution in [3.63, 3.8) is 0 Å². The molecular formula is C13H11ClO2S. The molecule has 0 aliphatic carbocycles. The van der Waals surface area contributed by atoms with Crippen LogP contribution in [0.25, 0.3) is 0 Å². The van der Waals surface area contributed by atoms with E-state index < -0.39 is 6.10 Å². The Hall–Kier alpha value is -1.03. The van der Waals surface area contributed by atoms with Crippen LogP contribution in [-0.4, -0.2) is 11.2 Å². The van der Waals surface area contributed by atoms with E-state index in [1.54, 1.807) is 6.07 Å². The van der Waals surface area contributed by atoms with E-state index in [1.165, 1.54) is 11.3 Å². The summed E-state index contributed by atoms with van der Waals surface area (Å²) in [6, 6.07) is 9.67. The SMILES string of the molecule is OC(c1sccc1Cl)C1Cc2ccccc2O1. The van der Waals surface area contributed by atoms with Gasteiger partial charge in [-0.2, -0.15) is 0 Å². The summed E-state index contributed by atoms with van der Waals surface area (Å²) >= 11 is 7.48. The van der Waals surface area contributed by atoms with E-state index in [4.69, 9.17) is 16.3 Å². The van der Waals surface area contributed by atoms with Crippen molar-refractivity contribution in [2.45, 2.75) is 18.6 Å². The number of ether oxygens (including phenoxy) is 1. The van der Waals surface area contributed by atoms with Crippen LogP contribution in [0.4, 0.5) is 0 Å². The zero-order valence-corrected chi connectivity index (χ0v) is 10.5. The zero-order valence-electron chi connectivity index (χ0n) is 8.97. The van der Waals surface area contributed by atoms with E-state index in [9.17, 15) is 5.11 Å². The predicted molar refractivity (Wildman–Crippen MR) is 68.9 cm³/mol. The van der Waals surface area contributed by atoms with Gasteiger partial charge in [0.15, 0.2) is 0 Å². The third-order valence-corrected chi connectivity index (χ3v) is 4.37. The molecule has 2 unspecified atom stereocenters. The first-order valence-electron chi connectivity index (χ1n) is 5.41. The summed E-state index contributed by atoms with van der Waals surface area (Å²) in [5.41, 5.74) is 1.14. The van der Waals surface area contributed by atoms with Crippen LogP contribution in [-0.2, 0) is 6.42 Å². The Labute approximate surface area is 108 Å². The average Bonchev–Trinajstić information content (AvgIpc) is 2.93. The highest BCUT2D eigenvalue weighted by atomic mass is 35.5. The smallest absolute Gasteiger partial charge is 0.134 e. The standard InChI is InChI=1S/C13H11ClO2S/c14-9-5-6-17-13(9)12(15)11-7-8-3-1-2-4-10(8)16-11/h1-6,11-12,15H,7H2. The van der Waals surface area contributed by atoms with Gasteiger partial charge in [-0.05, 0) is 23.1 Å². The molecule has 4 heteroatoms. The number of benzene rings is 1. The van der Waals surface area contributed by atoms with Gasteiger partial charge in [-0.1, -0.05) is 29.8 Å². The van der Waals surface area contributed by atoms with Gasteiger partial charge in [0.1, 0.15) is 18.0 Å². The highest BCUT2D eigenvalue weighted by molar-refractivity contribution is 7.10. The van der Waals surface area contributed by atoms with Crippen LogP contribution >= 0.6 is 22.9 Å². The Bertz CT molecular complexity index is 513. The summed E-state index contributed by atoms with van der Waals surface area (Å²) < 4.78 is 5.75. The maximum absolute atomic E-state index is 10.3. The molecule has 0 saturated heterocycles. The number of hydrogen-bond acceptors (Lipinski definition) is 3. The van der Waals surface area contributed by atoms with Crippen molar-refractivity contribution in [2.24, 2.45) is 0 Å². The minimum atomic E-state index is -0.658. The number of thiophene rings is 1. The lowest BCUT2D eigenvalue weighted by Crippen LogP contribution is -2.22. The molecular weight excluding hydrogens is 256 g/mol. The lowest BCUT2D eigenvalue weighted by Gasteiger charge is -2.17. The fourth-order valence-corrected chi connectivity index (χ4v) is 3.28. The summed E-state index contributed by atoms with van der Waals surface area (Å²) in [5, 5.41) is 12.8. The number of hydrogen-bond donors (Lipinski definition) is 1. The molecule has 1 aliphatic rings. The Morgan fingerprint density at radius 3 is 2.88 bits per heavy atom. The minimum absolute atomic E-state index is 0.233. The maximum atomic E-state index is 10.3. The predicted octanol–water partition coefficient (Wildman–Crippen LogP) is 3.44. The number of halogens is 1. The van der Waals surface area contributed by atoms with Gasteiger partial charge in [-0.15, -0.1) is 11.3 Å². The molecule has 2 heterocycles. The van der Waals surface area contributed by atoms with Crippen LogP contribution < -0.4 is 4.74 Å². The molecule has 2 aromatic rings. The van der Waals surface area contributed by atoms with Gasteiger partial charge in [0.2, 0.25) is 0 Å². The van der Waals surface area contributed by atoms with Crippen molar-refractivity contribution in [2.75, 3.05) is 0 Å². The summed E-state index contributed by atoms with van der Waals surface area (Å²) in [7, 11) is 0. The van der Waals surface area contributed by atoms with E-state index in [0.29, 0.717) is 5.02 Å². The number of aliphatic hydroxyl groups is 1. The van der Waals surface area contributed by atoms with E-state index in [-0.39, 0.29) is 6.10 Å². The van der Waals surface area contributed by atoms with Gasteiger partial charge >= 0.3 is 0 Å². The highest BCUT2D eigenvalue weighted by Gasteiger charge is 2.31. The molecule has 0 amide bonds. The molecule has 1 aromatic carbocycles. The van der Waals surface area contributed by atoms with E-state index >= 15 is 0 Å². The number of rotatable bonds is 2. The number of fused-ring (bicyclic) bond motifs is 1. The number of para-hydroxylation sites is 1.